The van der Waals surface area contributed by atoms with Crippen molar-refractivity contribution in [2.75, 3.05) is 0 Å². The third-order valence-corrected chi connectivity index (χ3v) is 10.1. The molecule has 0 aliphatic rings. The SMILES string of the molecule is CC(=O)/C=C(/C)O.[CH3][Ge]([CH3])([CH3])[c]1cccc2c3cnc(-c4[c-]cccc4)cc3n(-c3ccccc3)c12.[Ir]. The molecule has 0 fully saturated rings. The molecule has 5 rings (SSSR count). The number of rotatable bonds is 4. The van der Waals surface area contributed by atoms with Crippen LogP contribution in [-0.2, 0) is 24.9 Å². The second kappa shape index (κ2) is 12.0. The van der Waals surface area contributed by atoms with Gasteiger partial charge in [0, 0.05) is 26.2 Å². The molecule has 4 nitrogen and oxygen atoms in total. The number of aliphatic hydroxyl groups excluding tert-OH is 1. The van der Waals surface area contributed by atoms with E-state index in [0.717, 1.165) is 11.3 Å². The van der Waals surface area contributed by atoms with Crippen molar-refractivity contribution in [3.05, 3.63) is 103 Å². The molecule has 5 aromatic rings. The number of pyridine rings is 1. The maximum absolute atomic E-state index is 10.0. The molecule has 6 heteroatoms. The molecule has 2 aromatic heterocycles. The molecule has 0 aliphatic heterocycles. The molecule has 191 valence electrons. The van der Waals surface area contributed by atoms with E-state index in [9.17, 15) is 4.79 Å². The summed E-state index contributed by atoms with van der Waals surface area (Å²) in [5, 5.41) is 10.9. The quantitative estimate of drug-likeness (QED) is 0.0921. The minimum Gasteiger partial charge on any atom is 0 e. The van der Waals surface area contributed by atoms with Crippen LogP contribution in [0.3, 0.4) is 0 Å². The van der Waals surface area contributed by atoms with Gasteiger partial charge in [-0.25, -0.2) is 0 Å². The van der Waals surface area contributed by atoms with Gasteiger partial charge in [0.2, 0.25) is 0 Å². The van der Waals surface area contributed by atoms with Gasteiger partial charge in [0.25, 0.3) is 0 Å². The van der Waals surface area contributed by atoms with Crippen LogP contribution in [0.4, 0.5) is 0 Å². The zero-order chi connectivity index (χ0) is 25.9. The fourth-order valence-corrected chi connectivity index (χ4v) is 7.66. The molecule has 3 aromatic carbocycles. The van der Waals surface area contributed by atoms with Crippen molar-refractivity contribution in [2.24, 2.45) is 0 Å². The molecule has 37 heavy (non-hydrogen) atoms. The summed E-state index contributed by atoms with van der Waals surface area (Å²) in [5.74, 6) is 7.33. The topological polar surface area (TPSA) is 55.1 Å². The van der Waals surface area contributed by atoms with E-state index in [1.54, 1.807) is 0 Å². The number of hydrogen-bond donors (Lipinski definition) is 1. The van der Waals surface area contributed by atoms with E-state index in [0.29, 0.717) is 0 Å². The summed E-state index contributed by atoms with van der Waals surface area (Å²) in [5.41, 5.74) is 5.72. The molecular formula is C31H31GeIrN2O2-. The molecule has 0 bridgehead atoms. The van der Waals surface area contributed by atoms with Gasteiger partial charge in [-0.3, -0.25) is 4.79 Å². The molecule has 1 radical (unpaired) electrons. The maximum Gasteiger partial charge on any atom is 0 e. The number of aromatic nitrogens is 2. The number of hydrogen-bond acceptors (Lipinski definition) is 3. The summed E-state index contributed by atoms with van der Waals surface area (Å²) in [6, 6.07) is 31.0. The average molecular weight is 728 g/mol. The largest absolute Gasteiger partial charge is 0 e. The van der Waals surface area contributed by atoms with Crippen LogP contribution in [-0.4, -0.2) is 33.7 Å². The molecule has 0 atom stereocenters. The number of fused-ring (bicyclic) bond motifs is 3. The Balaban J connectivity index is 0.000000422. The molecule has 0 aliphatic carbocycles. The van der Waals surface area contributed by atoms with Crippen molar-refractivity contribution in [3.8, 4) is 16.9 Å². The van der Waals surface area contributed by atoms with Crippen LogP contribution < -0.4 is 4.40 Å². The number of carbonyl (C=O) groups is 1. The van der Waals surface area contributed by atoms with E-state index < -0.39 is 13.3 Å². The average Bonchev–Trinajstić information content (AvgIpc) is 3.18. The zero-order valence-corrected chi connectivity index (χ0v) is 26.2. The first-order chi connectivity index (χ1) is 17.2. The van der Waals surface area contributed by atoms with Crippen LogP contribution in [0.5, 0.6) is 0 Å². The molecule has 0 spiro atoms. The third-order valence-electron chi connectivity index (χ3n) is 5.89. The number of nitrogens with zero attached hydrogens (tertiary/aromatic N) is 2. The van der Waals surface area contributed by atoms with Crippen molar-refractivity contribution in [1.82, 2.24) is 9.55 Å². The van der Waals surface area contributed by atoms with Crippen LogP contribution in [0.15, 0.2) is 96.9 Å². The normalized spacial score (nSPS) is 11.5. The van der Waals surface area contributed by atoms with E-state index in [1.165, 1.54) is 51.8 Å². The Morgan fingerprint density at radius 2 is 1.65 bits per heavy atom. The van der Waals surface area contributed by atoms with Crippen molar-refractivity contribution >= 4 is 45.3 Å². The van der Waals surface area contributed by atoms with Gasteiger partial charge in [-0.2, -0.15) is 0 Å². The fraction of sp³-hybridized carbons (Fsp3) is 0.161. The van der Waals surface area contributed by atoms with E-state index in [2.05, 4.69) is 88.6 Å². The van der Waals surface area contributed by atoms with Crippen molar-refractivity contribution in [2.45, 2.75) is 31.1 Å². The van der Waals surface area contributed by atoms with Crippen LogP contribution in [0.25, 0.3) is 38.8 Å². The molecular weight excluding hydrogens is 697 g/mol. The molecule has 0 amide bonds. The summed E-state index contributed by atoms with van der Waals surface area (Å²) in [6.07, 6.45) is 3.20. The van der Waals surface area contributed by atoms with Gasteiger partial charge in [-0.15, -0.1) is 0 Å². The van der Waals surface area contributed by atoms with Gasteiger partial charge in [0.05, 0.1) is 5.76 Å². The number of ketones is 1. The summed E-state index contributed by atoms with van der Waals surface area (Å²) < 4.78 is 3.96. The number of benzene rings is 3. The van der Waals surface area contributed by atoms with Crippen LogP contribution in [0, 0.1) is 6.07 Å². The summed E-state index contributed by atoms with van der Waals surface area (Å²) in [4.78, 5) is 14.8. The van der Waals surface area contributed by atoms with Gasteiger partial charge in [-0.1, -0.05) is 0 Å². The Morgan fingerprint density at radius 3 is 2.22 bits per heavy atom. The van der Waals surface area contributed by atoms with E-state index in [-0.39, 0.29) is 31.6 Å². The monoisotopic (exact) mass is 730 g/mol. The molecule has 0 saturated heterocycles. The number of para-hydroxylation sites is 2. The van der Waals surface area contributed by atoms with Crippen molar-refractivity contribution < 1.29 is 30.0 Å². The molecule has 0 unspecified atom stereocenters. The Labute approximate surface area is 234 Å². The predicted octanol–water partition coefficient (Wildman–Crippen LogP) is 7.23. The zero-order valence-electron chi connectivity index (χ0n) is 21.7. The molecule has 1 N–H and O–H groups in total. The Morgan fingerprint density at radius 1 is 0.946 bits per heavy atom. The van der Waals surface area contributed by atoms with E-state index in [1.807, 2.05) is 24.4 Å². The van der Waals surface area contributed by atoms with Crippen LogP contribution >= 0.6 is 0 Å². The van der Waals surface area contributed by atoms with Gasteiger partial charge in [0.1, 0.15) is 0 Å². The predicted molar refractivity (Wildman–Crippen MR) is 153 cm³/mol. The number of allylic oxidation sites excluding steroid dienone is 2. The van der Waals surface area contributed by atoms with Crippen LogP contribution in [0.1, 0.15) is 13.8 Å². The number of aliphatic hydroxyl groups is 1. The first kappa shape index (κ1) is 28.6. The van der Waals surface area contributed by atoms with Crippen molar-refractivity contribution in [3.63, 3.8) is 0 Å². The first-order valence-electron chi connectivity index (χ1n) is 12.0. The summed E-state index contributed by atoms with van der Waals surface area (Å²) >= 11 is -2.10. The number of carbonyl (C=O) groups excluding carboxylic acids is 1. The van der Waals surface area contributed by atoms with Gasteiger partial charge < -0.3 is 5.11 Å². The van der Waals surface area contributed by atoms with Gasteiger partial charge >= 0.3 is 174 Å². The van der Waals surface area contributed by atoms with E-state index >= 15 is 0 Å². The minimum absolute atomic E-state index is 0. The summed E-state index contributed by atoms with van der Waals surface area (Å²) in [7, 11) is 0. The second-order valence-electron chi connectivity index (χ2n) is 9.88. The van der Waals surface area contributed by atoms with Gasteiger partial charge in [0.15, 0.2) is 5.78 Å². The standard InChI is InChI=1S/C26H23GeN2.C5H8O2.Ir/c1-27(2,3)23-16-10-15-21-22-18-28-24(19-11-6-4-7-12-19)17-25(22)29(26(21)23)20-13-8-5-9-14-20;1-4(6)3-5(2)7;/h4-11,13-18H,1-3H3;3,6H,1-2H3;/q-1;;/b;4-3-;. The molecule has 2 heterocycles. The molecule has 0 saturated carbocycles. The van der Waals surface area contributed by atoms with Crippen molar-refractivity contribution in [1.29, 1.82) is 0 Å². The van der Waals surface area contributed by atoms with Gasteiger partial charge in [-0.05, 0) is 13.8 Å². The van der Waals surface area contributed by atoms with Crippen LogP contribution in [0.2, 0.25) is 17.3 Å². The smallest absolute Gasteiger partial charge is 0 e. The Kier molecular flexibility index (Phi) is 9.30. The first-order valence-corrected chi connectivity index (χ1v) is 19.3. The van der Waals surface area contributed by atoms with E-state index in [4.69, 9.17) is 10.1 Å². The Hall–Kier alpha value is -2.99. The fourth-order valence-electron chi connectivity index (χ4n) is 4.40. The maximum atomic E-state index is 10.0. The Bertz CT molecular complexity index is 1550. The summed E-state index contributed by atoms with van der Waals surface area (Å²) in [6.45, 7) is 2.85. The minimum atomic E-state index is -2.10. The second-order valence-corrected chi connectivity index (χ2v) is 20.5. The third kappa shape index (κ3) is 6.48.